The second kappa shape index (κ2) is 8.12. The smallest absolute Gasteiger partial charge is 0.267 e. The van der Waals surface area contributed by atoms with Crippen LogP contribution in [0.15, 0.2) is 82.8 Å². The molecule has 0 unspecified atom stereocenters. The Balaban J connectivity index is 1.44. The Morgan fingerprint density at radius 1 is 0.967 bits per heavy atom. The number of hydrogen-bond acceptors (Lipinski definition) is 4. The van der Waals surface area contributed by atoms with Crippen molar-refractivity contribution in [3.8, 4) is 0 Å². The van der Waals surface area contributed by atoms with E-state index in [0.717, 1.165) is 28.5 Å². The van der Waals surface area contributed by atoms with Crippen LogP contribution in [0.25, 0.3) is 10.9 Å². The van der Waals surface area contributed by atoms with Gasteiger partial charge >= 0.3 is 0 Å². The summed E-state index contributed by atoms with van der Waals surface area (Å²) >= 11 is 0. The molecule has 152 valence electrons. The molecular formula is C23H21N3O3S. The number of rotatable bonds is 6. The van der Waals surface area contributed by atoms with Crippen molar-refractivity contribution in [2.75, 3.05) is 0 Å². The lowest BCUT2D eigenvalue weighted by Gasteiger charge is -2.08. The van der Waals surface area contributed by atoms with Gasteiger partial charge in [-0.2, -0.15) is 0 Å². The first-order valence-electron chi connectivity index (χ1n) is 9.61. The zero-order valence-corrected chi connectivity index (χ0v) is 17.2. The number of nitrogens with one attached hydrogen (secondary N) is 2. The van der Waals surface area contributed by atoms with E-state index in [9.17, 15) is 13.2 Å². The molecule has 0 aliphatic carbocycles. The predicted octanol–water partition coefficient (Wildman–Crippen LogP) is 3.89. The number of fused-ring (bicyclic) bond motifs is 1. The number of carbonyl (C=O) groups excluding carboxylic acids is 1. The number of hydrogen-bond donors (Lipinski definition) is 2. The minimum absolute atomic E-state index is 0.227. The average molecular weight is 420 g/mol. The van der Waals surface area contributed by atoms with E-state index in [0.29, 0.717) is 5.69 Å². The topological polar surface area (TPSA) is 91.9 Å². The van der Waals surface area contributed by atoms with Crippen LogP contribution in [0.3, 0.4) is 0 Å². The molecule has 6 nitrogen and oxygen atoms in total. The number of aromatic amines is 1. The summed E-state index contributed by atoms with van der Waals surface area (Å²) in [4.78, 5) is 20.0. The third-order valence-corrected chi connectivity index (χ3v) is 6.78. The molecule has 0 saturated carbocycles. The monoisotopic (exact) mass is 419 g/mol. The van der Waals surface area contributed by atoms with E-state index in [4.69, 9.17) is 0 Å². The number of sulfone groups is 1. The van der Waals surface area contributed by atoms with Gasteiger partial charge in [0.05, 0.1) is 9.79 Å². The van der Waals surface area contributed by atoms with E-state index < -0.39 is 9.84 Å². The molecule has 30 heavy (non-hydrogen) atoms. The van der Waals surface area contributed by atoms with E-state index in [1.165, 1.54) is 0 Å². The Morgan fingerprint density at radius 2 is 1.60 bits per heavy atom. The van der Waals surface area contributed by atoms with Crippen LogP contribution in [0.2, 0.25) is 0 Å². The van der Waals surface area contributed by atoms with Crippen molar-refractivity contribution in [3.63, 3.8) is 0 Å². The second-order valence-corrected chi connectivity index (χ2v) is 8.92. The number of benzene rings is 2. The fourth-order valence-corrected chi connectivity index (χ4v) is 4.46. The third kappa shape index (κ3) is 3.97. The quantitative estimate of drug-likeness (QED) is 0.496. The Hall–Kier alpha value is -3.45. The van der Waals surface area contributed by atoms with E-state index in [1.54, 1.807) is 60.9 Å². The highest BCUT2D eigenvalue weighted by Gasteiger charge is 2.17. The summed E-state index contributed by atoms with van der Waals surface area (Å²) in [7, 11) is -3.57. The molecule has 1 amide bonds. The number of pyridine rings is 1. The fraction of sp³-hybridized carbons (Fsp3) is 0.130. The first-order chi connectivity index (χ1) is 14.5. The van der Waals surface area contributed by atoms with Crippen LogP contribution in [0.5, 0.6) is 0 Å². The highest BCUT2D eigenvalue weighted by atomic mass is 32.2. The van der Waals surface area contributed by atoms with Gasteiger partial charge in [-0.25, -0.2) is 8.42 Å². The summed E-state index contributed by atoms with van der Waals surface area (Å²) in [5.74, 6) is -0.237. The van der Waals surface area contributed by atoms with Crippen molar-refractivity contribution >= 4 is 26.6 Å². The molecule has 0 bridgehead atoms. The van der Waals surface area contributed by atoms with Crippen molar-refractivity contribution in [1.82, 2.24) is 15.3 Å². The summed E-state index contributed by atoms with van der Waals surface area (Å²) in [6, 6.07) is 17.0. The zero-order valence-electron chi connectivity index (χ0n) is 16.4. The second-order valence-electron chi connectivity index (χ2n) is 6.97. The summed E-state index contributed by atoms with van der Waals surface area (Å²) in [6.45, 7) is 2.31. The Bertz CT molecular complexity index is 1260. The lowest BCUT2D eigenvalue weighted by Crippen LogP contribution is -2.23. The molecule has 4 rings (SSSR count). The van der Waals surface area contributed by atoms with Crippen molar-refractivity contribution in [3.05, 3.63) is 89.9 Å². The van der Waals surface area contributed by atoms with Crippen LogP contribution in [-0.2, 0) is 22.8 Å². The molecule has 0 aliphatic heterocycles. The van der Waals surface area contributed by atoms with Crippen LogP contribution < -0.4 is 5.32 Å². The molecule has 2 N–H and O–H groups in total. The first-order valence-corrected chi connectivity index (χ1v) is 11.1. The van der Waals surface area contributed by atoms with Crippen LogP contribution >= 0.6 is 0 Å². The molecule has 0 radical (unpaired) electrons. The summed E-state index contributed by atoms with van der Waals surface area (Å²) in [6.07, 6.45) is 4.21. The van der Waals surface area contributed by atoms with Crippen LogP contribution in [0.1, 0.15) is 28.5 Å². The van der Waals surface area contributed by atoms with Gasteiger partial charge in [-0.3, -0.25) is 9.78 Å². The SMILES string of the molecule is CCc1ccc(S(=O)(=O)c2ccc(CNC(=O)c3cc4cnccc4[nH]3)cc2)cc1. The predicted molar refractivity (Wildman–Crippen MR) is 115 cm³/mol. The van der Waals surface area contributed by atoms with Crippen molar-refractivity contribution in [2.24, 2.45) is 0 Å². The fourth-order valence-electron chi connectivity index (χ4n) is 3.20. The molecule has 0 saturated heterocycles. The molecule has 2 heterocycles. The lowest BCUT2D eigenvalue weighted by molar-refractivity contribution is 0.0946. The lowest BCUT2D eigenvalue weighted by atomic mass is 10.2. The summed E-state index contributed by atoms with van der Waals surface area (Å²) in [5, 5.41) is 3.70. The van der Waals surface area contributed by atoms with Gasteiger partial charge in [-0.1, -0.05) is 31.2 Å². The van der Waals surface area contributed by atoms with Gasteiger partial charge in [0.2, 0.25) is 9.84 Å². The van der Waals surface area contributed by atoms with E-state index in [2.05, 4.69) is 15.3 Å². The molecule has 0 atom stereocenters. The number of amides is 1. The summed E-state index contributed by atoms with van der Waals surface area (Å²) < 4.78 is 25.6. The van der Waals surface area contributed by atoms with Crippen molar-refractivity contribution in [1.29, 1.82) is 0 Å². The Kier molecular flexibility index (Phi) is 5.37. The maximum absolute atomic E-state index is 12.8. The maximum atomic E-state index is 12.8. The number of nitrogens with zero attached hydrogens (tertiary/aromatic N) is 1. The molecule has 0 aliphatic rings. The number of carbonyl (C=O) groups is 1. The van der Waals surface area contributed by atoms with E-state index in [-0.39, 0.29) is 22.2 Å². The van der Waals surface area contributed by atoms with Crippen LogP contribution in [0, 0.1) is 0 Å². The zero-order chi connectivity index (χ0) is 21.1. The van der Waals surface area contributed by atoms with E-state index >= 15 is 0 Å². The molecule has 2 aromatic carbocycles. The van der Waals surface area contributed by atoms with Gasteiger partial charge in [-0.05, 0) is 53.9 Å². The maximum Gasteiger partial charge on any atom is 0.267 e. The van der Waals surface area contributed by atoms with Crippen molar-refractivity contribution in [2.45, 2.75) is 29.7 Å². The minimum Gasteiger partial charge on any atom is -0.350 e. The average Bonchev–Trinajstić information content (AvgIpc) is 3.22. The van der Waals surface area contributed by atoms with Gasteiger partial charge < -0.3 is 10.3 Å². The van der Waals surface area contributed by atoms with Crippen molar-refractivity contribution < 1.29 is 13.2 Å². The largest absolute Gasteiger partial charge is 0.350 e. The molecule has 2 aromatic heterocycles. The summed E-state index contributed by atoms with van der Waals surface area (Å²) in [5.41, 5.74) is 3.19. The minimum atomic E-state index is -3.57. The highest BCUT2D eigenvalue weighted by molar-refractivity contribution is 7.91. The Morgan fingerprint density at radius 3 is 2.20 bits per heavy atom. The number of aryl methyl sites for hydroxylation is 1. The van der Waals surface area contributed by atoms with Crippen LogP contribution in [-0.4, -0.2) is 24.3 Å². The molecule has 0 fully saturated rings. The Labute approximate surface area is 174 Å². The van der Waals surface area contributed by atoms with Gasteiger partial charge in [0.25, 0.3) is 5.91 Å². The third-order valence-electron chi connectivity index (χ3n) is 4.99. The standard InChI is InChI=1S/C23H21N3O3S/c1-2-16-3-7-19(8-4-16)30(28,29)20-9-5-17(6-10-20)14-25-23(27)22-13-18-15-24-12-11-21(18)26-22/h3-13,15,26H,2,14H2,1H3,(H,25,27). The molecular weight excluding hydrogens is 398 g/mol. The van der Waals surface area contributed by atoms with Gasteiger partial charge in [0.1, 0.15) is 5.69 Å². The highest BCUT2D eigenvalue weighted by Crippen LogP contribution is 2.22. The molecule has 7 heteroatoms. The molecule has 0 spiro atoms. The number of H-pyrrole nitrogens is 1. The van der Waals surface area contributed by atoms with Crippen LogP contribution in [0.4, 0.5) is 0 Å². The normalized spacial score (nSPS) is 11.5. The van der Waals surface area contributed by atoms with Gasteiger partial charge in [0, 0.05) is 29.8 Å². The molecule has 4 aromatic rings. The van der Waals surface area contributed by atoms with E-state index in [1.807, 2.05) is 19.1 Å². The first kappa shape index (κ1) is 19.8. The van der Waals surface area contributed by atoms with Gasteiger partial charge in [0.15, 0.2) is 0 Å². The number of aromatic nitrogens is 2. The van der Waals surface area contributed by atoms with Gasteiger partial charge in [-0.15, -0.1) is 0 Å².